The molecule has 5 aromatic heterocycles. The van der Waals surface area contributed by atoms with E-state index in [4.69, 9.17) is 0 Å². The number of aromatic nitrogens is 5. The summed E-state index contributed by atoms with van der Waals surface area (Å²) in [5, 5.41) is 6.55. The Balaban J connectivity index is 0.000000130. The average molecular weight is 1370 g/mol. The molecule has 0 atom stereocenters. The predicted molar refractivity (Wildman–Crippen MR) is 443 cm³/mol. The van der Waals surface area contributed by atoms with Gasteiger partial charge in [0.15, 0.2) is 0 Å². The fraction of sp³-hybridized carbons (Fsp3) is 0.242. The van der Waals surface area contributed by atoms with Gasteiger partial charge < -0.3 is 0 Å². The third kappa shape index (κ3) is 16.0. The molecule has 5 nitrogen and oxygen atoms in total. The van der Waals surface area contributed by atoms with Crippen LogP contribution in [0.1, 0.15) is 123 Å². The van der Waals surface area contributed by atoms with Crippen LogP contribution in [0.5, 0.6) is 0 Å². The summed E-state index contributed by atoms with van der Waals surface area (Å²) in [6.07, 6.45) is 0. The molecule has 0 N–H and O–H groups in total. The van der Waals surface area contributed by atoms with Crippen LogP contribution in [-0.4, -0.2) is 0 Å². The van der Waals surface area contributed by atoms with Crippen LogP contribution >= 0.6 is 0 Å². The molecule has 15 aromatic rings. The van der Waals surface area contributed by atoms with Gasteiger partial charge in [0.05, 0.1) is 0 Å². The van der Waals surface area contributed by atoms with Crippen LogP contribution in [0.4, 0.5) is 0 Å². The second-order valence-corrected chi connectivity index (χ2v) is 30.0. The quantitative estimate of drug-likeness (QED) is 0.142. The zero-order valence-corrected chi connectivity index (χ0v) is 66.0. The molecule has 524 valence electrons. The topological polar surface area (TPSA) is 19.4 Å². The lowest BCUT2D eigenvalue weighted by Gasteiger charge is -2.13. The van der Waals surface area contributed by atoms with Crippen LogP contribution in [0.25, 0.3) is 111 Å². The van der Waals surface area contributed by atoms with E-state index in [0.717, 1.165) is 0 Å². The third-order valence-electron chi connectivity index (χ3n) is 21.2. The van der Waals surface area contributed by atoms with E-state index in [9.17, 15) is 0 Å². The summed E-state index contributed by atoms with van der Waals surface area (Å²) in [7, 11) is 10.8. The molecule has 0 saturated carbocycles. The minimum atomic E-state index is 0.533. The molecule has 10 aromatic carbocycles. The number of para-hydroxylation sites is 2. The Hall–Kier alpha value is -10.8. The highest BCUT2D eigenvalue weighted by atomic mass is 15.0. The summed E-state index contributed by atoms with van der Waals surface area (Å²) in [4.78, 5) is 0. The first-order chi connectivity index (χ1) is 49.7. The highest BCUT2D eigenvalue weighted by molar-refractivity contribution is 5.85. The SMILES string of the molecule is Cc1ccc(C(C)C)cc1-c1ccc2c(C(C)C)cccc2[n+]1C.Cc1ccc(C)c(-c2c(C)cc3ccccc3[n+]2C)c1.Cc1ccc(C)c(-c2cc(C)c3ccccc3[n+]2C)c1.Cc1ccc(C)c(-c2ccc3cc(C)ccc3[n+]2C)c1.Cc1ccc(C)c(-c2ccc3ccc(C)cc3[n+]2C)c1. The van der Waals surface area contributed by atoms with Gasteiger partial charge in [-0.15, -0.1) is 0 Å². The van der Waals surface area contributed by atoms with Crippen LogP contribution in [0.15, 0.2) is 243 Å². The molecule has 0 aliphatic carbocycles. The Morgan fingerprint density at radius 3 is 1.20 bits per heavy atom. The minimum absolute atomic E-state index is 0.533. The first-order valence-corrected chi connectivity index (χ1v) is 37.1. The maximum absolute atomic E-state index is 2.35. The van der Waals surface area contributed by atoms with Crippen molar-refractivity contribution in [3.63, 3.8) is 0 Å². The van der Waals surface area contributed by atoms with Gasteiger partial charge in [0.2, 0.25) is 56.1 Å². The van der Waals surface area contributed by atoms with E-state index in [1.54, 1.807) is 0 Å². The Morgan fingerprint density at radius 1 is 0.221 bits per heavy atom. The van der Waals surface area contributed by atoms with Gasteiger partial charge in [-0.3, -0.25) is 0 Å². The van der Waals surface area contributed by atoms with Crippen molar-refractivity contribution >= 4 is 54.5 Å². The molecule has 5 heteroatoms. The van der Waals surface area contributed by atoms with E-state index in [2.05, 4.69) is 418 Å². The highest BCUT2D eigenvalue weighted by Crippen LogP contribution is 2.33. The zero-order valence-electron chi connectivity index (χ0n) is 66.0. The summed E-state index contributed by atoms with van der Waals surface area (Å²) >= 11 is 0. The lowest BCUT2D eigenvalue weighted by molar-refractivity contribution is -0.634. The largest absolute Gasteiger partial charge is 0.215 e. The predicted octanol–water partition coefficient (Wildman–Crippen LogP) is 22.9. The maximum Gasteiger partial charge on any atom is 0.215 e. The number of aryl methyl sites for hydroxylation is 18. The first kappa shape index (κ1) is 74.4. The number of hydrogen-bond acceptors (Lipinski definition) is 0. The Morgan fingerprint density at radius 2 is 0.615 bits per heavy atom. The van der Waals surface area contributed by atoms with E-state index in [0.29, 0.717) is 11.8 Å². The van der Waals surface area contributed by atoms with Crippen LogP contribution in [0.3, 0.4) is 0 Å². The van der Waals surface area contributed by atoms with Crippen molar-refractivity contribution in [3.8, 4) is 56.3 Å². The molecule has 0 aliphatic rings. The Labute approximate surface area is 620 Å². The molecule has 104 heavy (non-hydrogen) atoms. The van der Waals surface area contributed by atoms with E-state index < -0.39 is 0 Å². The molecule has 0 amide bonds. The lowest BCUT2D eigenvalue weighted by Crippen LogP contribution is -2.33. The second-order valence-electron chi connectivity index (χ2n) is 30.0. The zero-order chi connectivity index (χ0) is 74.5. The van der Waals surface area contributed by atoms with Gasteiger partial charge in [0.25, 0.3) is 0 Å². The van der Waals surface area contributed by atoms with Gasteiger partial charge >= 0.3 is 0 Å². The van der Waals surface area contributed by atoms with E-state index in [-0.39, 0.29) is 0 Å². The molecule has 0 saturated heterocycles. The number of fused-ring (bicyclic) bond motifs is 5. The van der Waals surface area contributed by atoms with Gasteiger partial charge in [-0.05, 0) is 231 Å². The number of pyridine rings is 5. The third-order valence-corrected chi connectivity index (χ3v) is 21.2. The van der Waals surface area contributed by atoms with Gasteiger partial charge in [-0.2, -0.15) is 22.8 Å². The number of rotatable bonds is 7. The fourth-order valence-corrected chi connectivity index (χ4v) is 14.9. The molecule has 0 bridgehead atoms. The van der Waals surface area contributed by atoms with Crippen LogP contribution in [0, 0.1) is 90.0 Å². The minimum Gasteiger partial charge on any atom is -0.194 e. The molecular formula is C99H108N5+5. The van der Waals surface area contributed by atoms with Crippen LogP contribution < -0.4 is 22.8 Å². The number of nitrogens with zero attached hydrogens (tertiary/aromatic N) is 5. The smallest absolute Gasteiger partial charge is 0.194 e. The summed E-state index contributed by atoms with van der Waals surface area (Å²) in [5.41, 5.74) is 39.3. The summed E-state index contributed by atoms with van der Waals surface area (Å²) in [6.45, 7) is 37.2. The van der Waals surface area contributed by atoms with Crippen molar-refractivity contribution in [1.29, 1.82) is 0 Å². The van der Waals surface area contributed by atoms with Gasteiger partial charge in [0, 0.05) is 115 Å². The van der Waals surface area contributed by atoms with E-state index in [1.165, 1.54) is 194 Å². The molecular weight excluding hydrogens is 1260 g/mol. The normalized spacial score (nSPS) is 11.2. The lowest BCUT2D eigenvalue weighted by atomic mass is 9.94. The monoisotopic (exact) mass is 1370 g/mol. The summed E-state index contributed by atoms with van der Waals surface area (Å²) in [6, 6.07) is 88.5. The van der Waals surface area contributed by atoms with E-state index >= 15 is 0 Å². The molecule has 0 spiro atoms. The molecule has 0 aliphatic heterocycles. The van der Waals surface area contributed by atoms with Crippen molar-refractivity contribution in [1.82, 2.24) is 0 Å². The average Bonchev–Trinajstić information content (AvgIpc) is 0.798. The van der Waals surface area contributed by atoms with Gasteiger partial charge in [-0.25, -0.2) is 0 Å². The summed E-state index contributed by atoms with van der Waals surface area (Å²) in [5.74, 6) is 1.08. The van der Waals surface area contributed by atoms with Crippen molar-refractivity contribution < 1.29 is 22.8 Å². The standard InChI is InChI=1S/C23H28N.4C19H20N/c1-15(2)18-11-10-17(5)21(14-18)23-13-12-20-19(16(3)4)8-7-9-22(20)24(23)6;1-13-6-9-18-16(11-13)8-10-19(20(18)4)17-12-14(2)5-7-15(17)3;1-13-5-7-15(3)17(11-13)18-10-9-16-8-6-14(2)12-19(16)20(18)4;1-13-9-10-14(2)17(11-13)19-12-15(3)16-7-5-6-8-18(16)20(19)4;1-13-9-10-14(2)17(11-13)19-15(3)12-16-7-5-6-8-18(16)20(19)4/h7-16H,1-6H3;4*5-12H,1-4H3/q5*+1. The highest BCUT2D eigenvalue weighted by Gasteiger charge is 2.24. The Kier molecular flexibility index (Phi) is 22.8. The van der Waals surface area contributed by atoms with Crippen molar-refractivity contribution in [2.75, 3.05) is 0 Å². The van der Waals surface area contributed by atoms with Gasteiger partial charge in [0.1, 0.15) is 35.2 Å². The summed E-state index contributed by atoms with van der Waals surface area (Å²) < 4.78 is 11.5. The molecule has 15 rings (SSSR count). The van der Waals surface area contributed by atoms with Crippen LogP contribution in [-0.2, 0) is 35.2 Å². The van der Waals surface area contributed by atoms with Gasteiger partial charge in [-0.1, -0.05) is 165 Å². The molecule has 0 fully saturated rings. The Bertz CT molecular complexity index is 5720. The maximum atomic E-state index is 2.35. The number of benzene rings is 10. The fourth-order valence-electron chi connectivity index (χ4n) is 14.9. The van der Waals surface area contributed by atoms with Crippen molar-refractivity contribution in [2.24, 2.45) is 35.2 Å². The second kappa shape index (κ2) is 31.9. The molecule has 5 heterocycles. The van der Waals surface area contributed by atoms with E-state index in [1.807, 2.05) is 0 Å². The van der Waals surface area contributed by atoms with Crippen molar-refractivity contribution in [3.05, 3.63) is 326 Å². The van der Waals surface area contributed by atoms with Crippen LogP contribution in [0.2, 0.25) is 0 Å². The number of hydrogen-bond donors (Lipinski definition) is 0. The molecule has 0 radical (unpaired) electrons. The van der Waals surface area contributed by atoms with Crippen molar-refractivity contribution in [2.45, 2.75) is 130 Å². The molecule has 0 unspecified atom stereocenters. The first-order valence-electron chi connectivity index (χ1n) is 37.1.